The van der Waals surface area contributed by atoms with Gasteiger partial charge in [-0.2, -0.15) is 0 Å². The normalized spacial score (nSPS) is 21.2. The van der Waals surface area contributed by atoms with Gasteiger partial charge in [0.2, 0.25) is 0 Å². The highest BCUT2D eigenvalue weighted by Gasteiger charge is 2.36. The molecule has 1 amide bonds. The highest BCUT2D eigenvalue weighted by molar-refractivity contribution is 7.09. The molecule has 6 heteroatoms. The Morgan fingerprint density at radius 1 is 1.50 bits per heavy atom. The van der Waals surface area contributed by atoms with Gasteiger partial charge in [-0.15, -0.1) is 11.3 Å². The first kappa shape index (κ1) is 19.1. The standard InChI is InChI=1S/C18H29N3O2S/c1-14(2)6-8-18(13-22)7-5-9-21(12-18)17(23)15-11-24-16(19-15)10-20(3)4/h6,11,22H,5,7-10,12-13H2,1-4H3/t18-/m1/s1. The summed E-state index contributed by atoms with van der Waals surface area (Å²) in [7, 11) is 3.98. The Morgan fingerprint density at radius 3 is 2.88 bits per heavy atom. The number of likely N-dealkylation sites (tertiary alicyclic amines) is 1. The van der Waals surface area contributed by atoms with Crippen LogP contribution < -0.4 is 0 Å². The predicted octanol–water partition coefficient (Wildman–Crippen LogP) is 2.78. The first-order chi connectivity index (χ1) is 11.3. The number of carbonyl (C=O) groups is 1. The van der Waals surface area contributed by atoms with E-state index in [4.69, 9.17) is 0 Å². The van der Waals surface area contributed by atoms with Crippen LogP contribution in [-0.4, -0.2) is 59.6 Å². The number of aliphatic hydroxyl groups is 1. The first-order valence-electron chi connectivity index (χ1n) is 8.48. The number of piperidine rings is 1. The van der Waals surface area contributed by atoms with Gasteiger partial charge in [0.15, 0.2) is 0 Å². The molecule has 1 N–H and O–H groups in total. The summed E-state index contributed by atoms with van der Waals surface area (Å²) in [5, 5.41) is 12.8. The molecule has 0 aliphatic carbocycles. The van der Waals surface area contributed by atoms with Crippen molar-refractivity contribution in [3.63, 3.8) is 0 Å². The van der Waals surface area contributed by atoms with Crippen LogP contribution in [-0.2, 0) is 6.54 Å². The molecular formula is C18H29N3O2S. The Labute approximate surface area is 149 Å². The number of rotatable bonds is 6. The van der Waals surface area contributed by atoms with Gasteiger partial charge in [0.05, 0.1) is 6.61 Å². The van der Waals surface area contributed by atoms with Gasteiger partial charge >= 0.3 is 0 Å². The molecular weight excluding hydrogens is 322 g/mol. The molecule has 1 atom stereocenters. The fraction of sp³-hybridized carbons (Fsp3) is 0.667. The minimum Gasteiger partial charge on any atom is -0.396 e. The van der Waals surface area contributed by atoms with E-state index in [1.54, 1.807) is 0 Å². The summed E-state index contributed by atoms with van der Waals surface area (Å²) in [6, 6.07) is 0. The number of hydrogen-bond donors (Lipinski definition) is 1. The van der Waals surface area contributed by atoms with E-state index < -0.39 is 0 Å². The van der Waals surface area contributed by atoms with Gasteiger partial charge in [0.1, 0.15) is 10.7 Å². The van der Waals surface area contributed by atoms with Crippen LogP contribution in [0.15, 0.2) is 17.0 Å². The molecule has 0 saturated carbocycles. The smallest absolute Gasteiger partial charge is 0.273 e. The average molecular weight is 352 g/mol. The van der Waals surface area contributed by atoms with Gasteiger partial charge in [-0.05, 0) is 47.2 Å². The number of carbonyl (C=O) groups excluding carboxylic acids is 1. The summed E-state index contributed by atoms with van der Waals surface area (Å²) in [4.78, 5) is 21.2. The fourth-order valence-corrected chi connectivity index (χ4v) is 3.96. The van der Waals surface area contributed by atoms with E-state index in [0.717, 1.165) is 37.4 Å². The lowest BCUT2D eigenvalue weighted by Gasteiger charge is -2.41. The van der Waals surface area contributed by atoms with Crippen LogP contribution in [0, 0.1) is 5.41 Å². The quantitative estimate of drug-likeness (QED) is 0.801. The van der Waals surface area contributed by atoms with Crippen molar-refractivity contribution in [2.24, 2.45) is 5.41 Å². The maximum Gasteiger partial charge on any atom is 0.273 e. The maximum atomic E-state index is 12.8. The zero-order valence-electron chi connectivity index (χ0n) is 15.2. The van der Waals surface area contributed by atoms with Crippen molar-refractivity contribution < 1.29 is 9.90 Å². The van der Waals surface area contributed by atoms with Crippen molar-refractivity contribution in [2.45, 2.75) is 39.7 Å². The van der Waals surface area contributed by atoms with Gasteiger partial charge < -0.3 is 14.9 Å². The van der Waals surface area contributed by atoms with E-state index in [2.05, 4.69) is 24.9 Å². The van der Waals surface area contributed by atoms with E-state index >= 15 is 0 Å². The average Bonchev–Trinajstić information content (AvgIpc) is 3.00. The minimum atomic E-state index is -0.215. The number of thiazole rings is 1. The molecule has 0 bridgehead atoms. The molecule has 1 fully saturated rings. The zero-order chi connectivity index (χ0) is 17.7. The highest BCUT2D eigenvalue weighted by atomic mass is 32.1. The second-order valence-electron chi connectivity index (χ2n) is 7.34. The van der Waals surface area contributed by atoms with Gasteiger partial charge in [-0.1, -0.05) is 11.6 Å². The van der Waals surface area contributed by atoms with E-state index in [9.17, 15) is 9.90 Å². The lowest BCUT2D eigenvalue weighted by atomic mass is 9.77. The summed E-state index contributed by atoms with van der Waals surface area (Å²) in [6.45, 7) is 6.35. The second kappa shape index (κ2) is 8.23. The van der Waals surface area contributed by atoms with Crippen LogP contribution in [0.3, 0.4) is 0 Å². The summed E-state index contributed by atoms with van der Waals surface area (Å²) < 4.78 is 0. The van der Waals surface area contributed by atoms with Crippen LogP contribution >= 0.6 is 11.3 Å². The van der Waals surface area contributed by atoms with Crippen molar-refractivity contribution >= 4 is 17.2 Å². The summed E-state index contributed by atoms with van der Waals surface area (Å²) in [6.07, 6.45) is 4.87. The van der Waals surface area contributed by atoms with Crippen molar-refractivity contribution in [1.29, 1.82) is 0 Å². The third kappa shape index (κ3) is 4.88. The van der Waals surface area contributed by atoms with Gasteiger partial charge in [0, 0.05) is 30.4 Å². The van der Waals surface area contributed by atoms with E-state index in [1.165, 1.54) is 16.9 Å². The molecule has 2 heterocycles. The molecule has 134 valence electrons. The molecule has 1 aliphatic rings. The lowest BCUT2D eigenvalue weighted by Crippen LogP contribution is -2.47. The third-order valence-corrected chi connectivity index (χ3v) is 5.28. The lowest BCUT2D eigenvalue weighted by molar-refractivity contribution is 0.0281. The Morgan fingerprint density at radius 2 is 2.25 bits per heavy atom. The molecule has 2 rings (SSSR count). The number of hydrogen-bond acceptors (Lipinski definition) is 5. The Balaban J connectivity index is 2.08. The minimum absolute atomic E-state index is 0.00835. The maximum absolute atomic E-state index is 12.8. The highest BCUT2D eigenvalue weighted by Crippen LogP contribution is 2.34. The molecule has 5 nitrogen and oxygen atoms in total. The summed E-state index contributed by atoms with van der Waals surface area (Å²) >= 11 is 1.53. The molecule has 0 aromatic carbocycles. The zero-order valence-corrected chi connectivity index (χ0v) is 16.0. The molecule has 24 heavy (non-hydrogen) atoms. The molecule has 0 unspecified atom stereocenters. The van der Waals surface area contributed by atoms with Crippen LogP contribution in [0.4, 0.5) is 0 Å². The summed E-state index contributed by atoms with van der Waals surface area (Å²) in [5.74, 6) is -0.00835. The fourth-order valence-electron chi connectivity index (χ4n) is 3.08. The number of amides is 1. The number of aliphatic hydroxyl groups excluding tert-OH is 1. The molecule has 0 radical (unpaired) electrons. The van der Waals surface area contributed by atoms with Crippen molar-refractivity contribution in [3.05, 3.63) is 27.7 Å². The van der Waals surface area contributed by atoms with Crippen LogP contribution in [0.25, 0.3) is 0 Å². The van der Waals surface area contributed by atoms with Crippen molar-refractivity contribution in [2.75, 3.05) is 33.8 Å². The molecule has 1 aromatic rings. The van der Waals surface area contributed by atoms with Gasteiger partial charge in [-0.25, -0.2) is 4.98 Å². The Kier molecular flexibility index (Phi) is 6.54. The first-order valence-corrected chi connectivity index (χ1v) is 9.36. The van der Waals surface area contributed by atoms with Gasteiger partial charge in [-0.3, -0.25) is 4.79 Å². The van der Waals surface area contributed by atoms with Crippen molar-refractivity contribution in [1.82, 2.24) is 14.8 Å². The third-order valence-electron chi connectivity index (χ3n) is 4.45. The Bertz CT molecular complexity index is 593. The molecule has 1 aliphatic heterocycles. The number of nitrogens with zero attached hydrogens (tertiary/aromatic N) is 3. The van der Waals surface area contributed by atoms with E-state index in [-0.39, 0.29) is 17.9 Å². The van der Waals surface area contributed by atoms with Crippen LogP contribution in [0.1, 0.15) is 48.6 Å². The Hall–Kier alpha value is -1.24. The topological polar surface area (TPSA) is 56.7 Å². The van der Waals surface area contributed by atoms with Crippen molar-refractivity contribution in [3.8, 4) is 0 Å². The van der Waals surface area contributed by atoms with Gasteiger partial charge in [0.25, 0.3) is 5.91 Å². The molecule has 0 spiro atoms. The predicted molar refractivity (Wildman–Crippen MR) is 98.2 cm³/mol. The molecule has 1 saturated heterocycles. The largest absolute Gasteiger partial charge is 0.396 e. The van der Waals surface area contributed by atoms with E-state index in [1.807, 2.05) is 29.3 Å². The molecule has 1 aromatic heterocycles. The van der Waals surface area contributed by atoms with E-state index in [0.29, 0.717) is 12.2 Å². The van der Waals surface area contributed by atoms with Crippen LogP contribution in [0.5, 0.6) is 0 Å². The SMILES string of the molecule is CC(C)=CC[C@]1(CO)CCCN(C(=O)c2csc(CN(C)C)n2)C1. The monoisotopic (exact) mass is 351 g/mol. The number of allylic oxidation sites excluding steroid dienone is 2. The van der Waals surface area contributed by atoms with Crippen LogP contribution in [0.2, 0.25) is 0 Å². The summed E-state index contributed by atoms with van der Waals surface area (Å²) in [5.41, 5.74) is 1.57. The second-order valence-corrected chi connectivity index (χ2v) is 8.28. The number of aromatic nitrogens is 1.